The first-order valence-electron chi connectivity index (χ1n) is 5.89. The third-order valence-electron chi connectivity index (χ3n) is 3.21. The number of rotatable bonds is 2. The van der Waals surface area contributed by atoms with Gasteiger partial charge in [-0.3, -0.25) is 0 Å². The zero-order valence-electron chi connectivity index (χ0n) is 10.1. The van der Waals surface area contributed by atoms with Gasteiger partial charge in [0.2, 0.25) is 0 Å². The van der Waals surface area contributed by atoms with Gasteiger partial charge in [0.05, 0.1) is 11.4 Å². The quantitative estimate of drug-likeness (QED) is 0.919. The first-order valence-corrected chi connectivity index (χ1v) is 7.26. The van der Waals surface area contributed by atoms with Crippen LogP contribution in [-0.2, 0) is 13.1 Å². The summed E-state index contributed by atoms with van der Waals surface area (Å²) in [7, 11) is 0. The van der Waals surface area contributed by atoms with E-state index in [2.05, 4.69) is 10.6 Å². The molecule has 0 unspecified atom stereocenters. The van der Waals surface area contributed by atoms with Crippen LogP contribution < -0.4 is 5.73 Å². The summed E-state index contributed by atoms with van der Waals surface area (Å²) in [6.45, 7) is 3.53. The molecule has 1 aromatic heterocycles. The second kappa shape index (κ2) is 4.61. The molecule has 0 bridgehead atoms. The van der Waals surface area contributed by atoms with Crippen LogP contribution in [0.5, 0.6) is 0 Å². The first-order chi connectivity index (χ1) is 8.70. The fourth-order valence-corrected chi connectivity index (χ4v) is 3.35. The van der Waals surface area contributed by atoms with Crippen LogP contribution in [0.25, 0.3) is 11.3 Å². The lowest BCUT2D eigenvalue weighted by Crippen LogP contribution is -2.07. The summed E-state index contributed by atoms with van der Waals surface area (Å²) < 4.78 is 2.23. The summed E-state index contributed by atoms with van der Waals surface area (Å²) in [4.78, 5) is 4.71. The van der Waals surface area contributed by atoms with Crippen LogP contribution in [0.3, 0.4) is 0 Å². The molecule has 0 fully saturated rings. The monoisotopic (exact) mass is 279 g/mol. The van der Waals surface area contributed by atoms with Crippen molar-refractivity contribution in [2.45, 2.75) is 25.2 Å². The summed E-state index contributed by atoms with van der Waals surface area (Å²) in [6.07, 6.45) is 0. The summed E-state index contributed by atoms with van der Waals surface area (Å²) in [5.74, 6) is 1.09. The molecular formula is C13H14ClN3S. The molecule has 3 nitrogen and oxygen atoms in total. The number of hydrogen-bond acceptors (Lipinski definition) is 3. The predicted octanol–water partition coefficient (Wildman–Crippen LogP) is 3.08. The van der Waals surface area contributed by atoms with Crippen LogP contribution in [0.1, 0.15) is 11.3 Å². The van der Waals surface area contributed by atoms with Gasteiger partial charge in [-0.25, -0.2) is 4.98 Å². The average Bonchev–Trinajstić information content (AvgIpc) is 2.92. The third-order valence-corrected chi connectivity index (χ3v) is 4.59. The second-order valence-electron chi connectivity index (χ2n) is 4.36. The number of aromatic nitrogens is 2. The summed E-state index contributed by atoms with van der Waals surface area (Å²) >= 11 is 7.85. The molecule has 1 aromatic carbocycles. The van der Waals surface area contributed by atoms with E-state index in [0.717, 1.165) is 45.0 Å². The number of fused-ring (bicyclic) bond motifs is 1. The van der Waals surface area contributed by atoms with Gasteiger partial charge >= 0.3 is 0 Å². The molecule has 5 heteroatoms. The van der Waals surface area contributed by atoms with E-state index in [1.54, 1.807) is 11.8 Å². The van der Waals surface area contributed by atoms with E-state index in [0.29, 0.717) is 6.54 Å². The molecular weight excluding hydrogens is 266 g/mol. The normalized spacial score (nSPS) is 13.9. The Bertz CT molecular complexity index is 607. The Hall–Kier alpha value is -0.970. The molecule has 2 heterocycles. The van der Waals surface area contributed by atoms with Crippen LogP contribution in [0.2, 0.25) is 5.02 Å². The summed E-state index contributed by atoms with van der Waals surface area (Å²) in [6, 6.07) is 6.01. The van der Waals surface area contributed by atoms with Crippen molar-refractivity contribution in [1.82, 2.24) is 9.55 Å². The molecule has 0 atom stereocenters. The van der Waals surface area contributed by atoms with E-state index >= 15 is 0 Å². The Balaban J connectivity index is 2.14. The van der Waals surface area contributed by atoms with Gasteiger partial charge in [0.25, 0.3) is 0 Å². The minimum Gasteiger partial charge on any atom is -0.325 e. The van der Waals surface area contributed by atoms with Crippen LogP contribution in [-0.4, -0.2) is 15.3 Å². The largest absolute Gasteiger partial charge is 0.325 e. The maximum Gasteiger partial charge on any atom is 0.168 e. The molecule has 0 amide bonds. The van der Waals surface area contributed by atoms with E-state index in [9.17, 15) is 0 Å². The minimum absolute atomic E-state index is 0.518. The standard InChI is InChI=1S/C13H14ClN3S/c1-8-6-9(2-3-10(8)14)12-11(7-15)17-4-5-18-13(17)16-12/h2-3,6H,4-5,7,15H2,1H3. The third kappa shape index (κ3) is 1.85. The number of nitrogens with two attached hydrogens (primary N) is 1. The van der Waals surface area contributed by atoms with Crippen molar-refractivity contribution in [3.8, 4) is 11.3 Å². The van der Waals surface area contributed by atoms with Crippen molar-refractivity contribution in [1.29, 1.82) is 0 Å². The van der Waals surface area contributed by atoms with Crippen molar-refractivity contribution >= 4 is 23.4 Å². The number of halogens is 1. The van der Waals surface area contributed by atoms with Crippen molar-refractivity contribution in [3.05, 3.63) is 34.5 Å². The highest BCUT2D eigenvalue weighted by molar-refractivity contribution is 7.99. The van der Waals surface area contributed by atoms with Crippen molar-refractivity contribution < 1.29 is 0 Å². The Morgan fingerprint density at radius 1 is 1.50 bits per heavy atom. The summed E-state index contributed by atoms with van der Waals surface area (Å²) in [5.41, 5.74) is 10.2. The SMILES string of the molecule is Cc1cc(-c2nc3n(c2CN)CCS3)ccc1Cl. The molecule has 2 aromatic rings. The van der Waals surface area contributed by atoms with Crippen LogP contribution >= 0.6 is 23.4 Å². The van der Waals surface area contributed by atoms with E-state index < -0.39 is 0 Å². The van der Waals surface area contributed by atoms with Gasteiger partial charge in [0, 0.05) is 29.4 Å². The molecule has 2 N–H and O–H groups in total. The number of nitrogens with zero attached hydrogens (tertiary/aromatic N) is 2. The van der Waals surface area contributed by atoms with Gasteiger partial charge in [-0.2, -0.15) is 0 Å². The maximum atomic E-state index is 6.06. The molecule has 0 saturated heterocycles. The van der Waals surface area contributed by atoms with Crippen molar-refractivity contribution in [3.63, 3.8) is 0 Å². The molecule has 0 aliphatic carbocycles. The predicted molar refractivity (Wildman–Crippen MR) is 76.0 cm³/mol. The topological polar surface area (TPSA) is 43.8 Å². The molecule has 0 radical (unpaired) electrons. The van der Waals surface area contributed by atoms with Gasteiger partial charge < -0.3 is 10.3 Å². The Morgan fingerprint density at radius 3 is 3.06 bits per heavy atom. The molecule has 3 rings (SSSR count). The smallest absolute Gasteiger partial charge is 0.168 e. The molecule has 1 aliphatic heterocycles. The number of imidazole rings is 1. The first kappa shape index (κ1) is 12.1. The van der Waals surface area contributed by atoms with E-state index in [-0.39, 0.29) is 0 Å². The maximum absolute atomic E-state index is 6.06. The molecule has 1 aliphatic rings. The lowest BCUT2D eigenvalue weighted by molar-refractivity contribution is 0.678. The lowest BCUT2D eigenvalue weighted by Gasteiger charge is -2.06. The molecule has 18 heavy (non-hydrogen) atoms. The van der Waals surface area contributed by atoms with Gasteiger partial charge in [-0.15, -0.1) is 0 Å². The Morgan fingerprint density at radius 2 is 2.33 bits per heavy atom. The van der Waals surface area contributed by atoms with E-state index in [4.69, 9.17) is 22.3 Å². The van der Waals surface area contributed by atoms with Crippen molar-refractivity contribution in [2.24, 2.45) is 5.73 Å². The molecule has 0 spiro atoms. The van der Waals surface area contributed by atoms with Gasteiger partial charge in [0.1, 0.15) is 0 Å². The van der Waals surface area contributed by atoms with Gasteiger partial charge in [0.15, 0.2) is 5.16 Å². The fraction of sp³-hybridized carbons (Fsp3) is 0.308. The number of thioether (sulfide) groups is 1. The van der Waals surface area contributed by atoms with E-state index in [1.807, 2.05) is 19.1 Å². The number of benzene rings is 1. The van der Waals surface area contributed by atoms with E-state index in [1.165, 1.54) is 0 Å². The van der Waals surface area contributed by atoms with Gasteiger partial charge in [-0.05, 0) is 24.6 Å². The lowest BCUT2D eigenvalue weighted by atomic mass is 10.1. The zero-order chi connectivity index (χ0) is 12.7. The highest BCUT2D eigenvalue weighted by Gasteiger charge is 2.21. The number of hydrogen-bond donors (Lipinski definition) is 1. The minimum atomic E-state index is 0.518. The highest BCUT2D eigenvalue weighted by atomic mass is 35.5. The van der Waals surface area contributed by atoms with Gasteiger partial charge in [-0.1, -0.05) is 29.4 Å². The Labute approximate surface area is 115 Å². The molecule has 0 saturated carbocycles. The van der Waals surface area contributed by atoms with Crippen LogP contribution in [0.15, 0.2) is 23.4 Å². The summed E-state index contributed by atoms with van der Waals surface area (Å²) in [5, 5.41) is 1.87. The number of aryl methyl sites for hydroxylation is 1. The van der Waals surface area contributed by atoms with Crippen LogP contribution in [0, 0.1) is 6.92 Å². The molecule has 94 valence electrons. The van der Waals surface area contributed by atoms with Crippen LogP contribution in [0.4, 0.5) is 0 Å². The highest BCUT2D eigenvalue weighted by Crippen LogP contribution is 2.33. The average molecular weight is 280 g/mol. The van der Waals surface area contributed by atoms with Crippen molar-refractivity contribution in [2.75, 3.05) is 5.75 Å². The Kier molecular flexibility index (Phi) is 3.09. The zero-order valence-corrected chi connectivity index (χ0v) is 11.7. The fourth-order valence-electron chi connectivity index (χ4n) is 2.26. The second-order valence-corrected chi connectivity index (χ2v) is 5.83.